The predicted octanol–water partition coefficient (Wildman–Crippen LogP) is 5.46. The number of ether oxygens (including phenoxy) is 1. The highest BCUT2D eigenvalue weighted by molar-refractivity contribution is 7.17. The monoisotopic (exact) mass is 493 g/mol. The van der Waals surface area contributed by atoms with Gasteiger partial charge in [0.1, 0.15) is 17.0 Å². The molecule has 6 nitrogen and oxygen atoms in total. The number of thiophene rings is 1. The van der Waals surface area contributed by atoms with Gasteiger partial charge in [-0.05, 0) is 55.7 Å². The number of nitrogens with one attached hydrogen (secondary N) is 1. The minimum absolute atomic E-state index is 0.0755. The lowest BCUT2D eigenvalue weighted by Gasteiger charge is -2.45. The van der Waals surface area contributed by atoms with Gasteiger partial charge < -0.3 is 19.5 Å². The molecule has 2 aliphatic rings. The van der Waals surface area contributed by atoms with Crippen LogP contribution >= 0.6 is 11.3 Å². The second-order valence-electron chi connectivity index (χ2n) is 10.3. The van der Waals surface area contributed by atoms with Crippen LogP contribution in [0.3, 0.4) is 0 Å². The first-order valence-electron chi connectivity index (χ1n) is 12.7. The number of hydrogen-bond acceptors (Lipinski definition) is 4. The molecule has 1 N–H and O–H groups in total. The van der Waals surface area contributed by atoms with Gasteiger partial charge in [0.25, 0.3) is 5.91 Å². The van der Waals surface area contributed by atoms with Gasteiger partial charge in [0.15, 0.2) is 0 Å². The number of nitrogens with zero attached hydrogens (tertiary/aromatic N) is 2. The summed E-state index contributed by atoms with van der Waals surface area (Å²) < 4.78 is 8.96. The van der Waals surface area contributed by atoms with Crippen LogP contribution in [-0.4, -0.2) is 39.5 Å². The Morgan fingerprint density at radius 1 is 1.23 bits per heavy atom. The third-order valence-electron chi connectivity index (χ3n) is 8.16. The molecule has 0 radical (unpaired) electrons. The van der Waals surface area contributed by atoms with Crippen LogP contribution in [0.2, 0.25) is 0 Å². The van der Waals surface area contributed by atoms with Crippen LogP contribution in [0, 0.1) is 11.8 Å². The SMILES string of the molecule is CCOc1ccccc1CN1C(=O)c2cc3sccc3n2C[C@]1(C)C(=O)N[C@@H]1CCC[C@H](C)[C@@H]1C. The summed E-state index contributed by atoms with van der Waals surface area (Å²) in [5, 5.41) is 5.41. The van der Waals surface area contributed by atoms with E-state index in [1.165, 1.54) is 6.42 Å². The van der Waals surface area contributed by atoms with Crippen molar-refractivity contribution in [3.8, 4) is 5.75 Å². The van der Waals surface area contributed by atoms with Crippen molar-refractivity contribution >= 4 is 33.4 Å². The Balaban J connectivity index is 1.53. The number of hydrogen-bond donors (Lipinski definition) is 1. The smallest absolute Gasteiger partial charge is 0.271 e. The van der Waals surface area contributed by atoms with E-state index >= 15 is 0 Å². The van der Waals surface area contributed by atoms with Crippen LogP contribution in [0.25, 0.3) is 10.2 Å². The molecule has 0 bridgehead atoms. The minimum Gasteiger partial charge on any atom is -0.494 e. The number of benzene rings is 1. The van der Waals surface area contributed by atoms with E-state index < -0.39 is 5.54 Å². The molecular formula is C28H35N3O3S. The van der Waals surface area contributed by atoms with E-state index in [0.29, 0.717) is 37.2 Å². The number of aromatic nitrogens is 1. The molecule has 4 atom stereocenters. The third-order valence-corrected chi connectivity index (χ3v) is 9.02. The van der Waals surface area contributed by atoms with E-state index in [1.54, 1.807) is 16.2 Å². The summed E-state index contributed by atoms with van der Waals surface area (Å²) >= 11 is 1.62. The molecule has 2 amide bonds. The van der Waals surface area contributed by atoms with Crippen molar-refractivity contribution in [2.24, 2.45) is 11.8 Å². The number of amides is 2. The average molecular weight is 494 g/mol. The molecule has 2 aromatic heterocycles. The minimum atomic E-state index is -1.03. The molecule has 1 aliphatic carbocycles. The maximum atomic E-state index is 14.1. The zero-order valence-electron chi connectivity index (χ0n) is 21.0. The van der Waals surface area contributed by atoms with E-state index in [9.17, 15) is 9.59 Å². The molecule has 1 aliphatic heterocycles. The zero-order chi connectivity index (χ0) is 24.7. The summed E-state index contributed by atoms with van der Waals surface area (Å²) in [5.74, 6) is 1.54. The van der Waals surface area contributed by atoms with E-state index in [4.69, 9.17) is 4.74 Å². The van der Waals surface area contributed by atoms with Gasteiger partial charge in [-0.25, -0.2) is 0 Å². The number of rotatable bonds is 6. The second kappa shape index (κ2) is 9.34. The number of carbonyl (C=O) groups is 2. The number of fused-ring (bicyclic) bond motifs is 3. The Labute approximate surface area is 211 Å². The van der Waals surface area contributed by atoms with Gasteiger partial charge in [-0.15, -0.1) is 11.3 Å². The zero-order valence-corrected chi connectivity index (χ0v) is 21.9. The second-order valence-corrected chi connectivity index (χ2v) is 11.3. The first-order valence-corrected chi connectivity index (χ1v) is 13.6. The first kappa shape index (κ1) is 23.9. The van der Waals surface area contributed by atoms with Crippen molar-refractivity contribution in [3.63, 3.8) is 0 Å². The van der Waals surface area contributed by atoms with Gasteiger partial charge in [0.05, 0.1) is 29.9 Å². The van der Waals surface area contributed by atoms with E-state index in [-0.39, 0.29) is 17.9 Å². The Morgan fingerprint density at radius 2 is 2.03 bits per heavy atom. The molecule has 0 unspecified atom stereocenters. The fraction of sp³-hybridized carbons (Fsp3) is 0.500. The quantitative estimate of drug-likeness (QED) is 0.496. The molecule has 1 fully saturated rings. The molecule has 35 heavy (non-hydrogen) atoms. The largest absolute Gasteiger partial charge is 0.494 e. The molecule has 1 saturated carbocycles. The van der Waals surface area contributed by atoms with Crippen molar-refractivity contribution in [2.45, 2.75) is 71.6 Å². The number of para-hydroxylation sites is 1. The summed E-state index contributed by atoms with van der Waals surface area (Å²) in [5.41, 5.74) is 1.54. The first-order chi connectivity index (χ1) is 16.8. The Hall–Kier alpha value is -2.80. The van der Waals surface area contributed by atoms with Gasteiger partial charge in [0, 0.05) is 11.6 Å². The summed E-state index contributed by atoms with van der Waals surface area (Å²) in [6, 6.07) is 11.9. The molecule has 1 aromatic carbocycles. The molecule has 5 rings (SSSR count). The highest BCUT2D eigenvalue weighted by Crippen LogP contribution is 2.37. The van der Waals surface area contributed by atoms with Crippen LogP contribution in [0.1, 0.15) is 63.0 Å². The molecule has 7 heteroatoms. The Bertz CT molecular complexity index is 1250. The molecular weight excluding hydrogens is 458 g/mol. The van der Waals surface area contributed by atoms with Crippen LogP contribution in [0.15, 0.2) is 41.8 Å². The van der Waals surface area contributed by atoms with Crippen molar-refractivity contribution in [1.82, 2.24) is 14.8 Å². The lowest BCUT2D eigenvalue weighted by molar-refractivity contribution is -0.134. The highest BCUT2D eigenvalue weighted by Gasteiger charge is 2.49. The van der Waals surface area contributed by atoms with Crippen molar-refractivity contribution in [1.29, 1.82) is 0 Å². The summed E-state index contributed by atoms with van der Waals surface area (Å²) in [6.45, 7) is 9.65. The predicted molar refractivity (Wildman–Crippen MR) is 140 cm³/mol. The highest BCUT2D eigenvalue weighted by atomic mass is 32.1. The lowest BCUT2D eigenvalue weighted by atomic mass is 9.77. The Kier molecular flexibility index (Phi) is 6.38. The molecule has 186 valence electrons. The van der Waals surface area contributed by atoms with E-state index in [0.717, 1.165) is 34.4 Å². The fourth-order valence-electron chi connectivity index (χ4n) is 5.73. The van der Waals surface area contributed by atoms with Crippen LogP contribution in [-0.2, 0) is 17.9 Å². The van der Waals surface area contributed by atoms with Crippen LogP contribution in [0.4, 0.5) is 0 Å². The van der Waals surface area contributed by atoms with Gasteiger partial charge >= 0.3 is 0 Å². The van der Waals surface area contributed by atoms with Gasteiger partial charge in [0.2, 0.25) is 5.91 Å². The molecule has 3 aromatic rings. The maximum Gasteiger partial charge on any atom is 0.271 e. The molecule has 0 spiro atoms. The van der Waals surface area contributed by atoms with Crippen LogP contribution in [0.5, 0.6) is 5.75 Å². The number of carbonyl (C=O) groups excluding carboxylic acids is 2. The van der Waals surface area contributed by atoms with Gasteiger partial charge in [-0.3, -0.25) is 9.59 Å². The van der Waals surface area contributed by atoms with Gasteiger partial charge in [-0.2, -0.15) is 0 Å². The summed E-state index contributed by atoms with van der Waals surface area (Å²) in [4.78, 5) is 29.8. The standard InChI is InChI=1S/C28H35N3O3S/c1-5-34-24-12-7-6-10-20(24)16-31-26(32)23-15-25-22(13-14-35-25)30(23)17-28(31,4)27(33)29-21-11-8-9-18(2)19(21)3/h6-7,10,12-15,18-19,21H,5,8-9,11,16-17H2,1-4H3,(H,29,33)/t18-,19-,21+,28+/m0/s1. The Morgan fingerprint density at radius 3 is 2.83 bits per heavy atom. The normalized spacial score (nSPS) is 26.6. The maximum absolute atomic E-state index is 14.1. The third kappa shape index (κ3) is 4.14. The molecule has 0 saturated heterocycles. The van der Waals surface area contributed by atoms with Gasteiger partial charge in [-0.1, -0.05) is 44.9 Å². The fourth-order valence-corrected chi connectivity index (χ4v) is 6.55. The van der Waals surface area contributed by atoms with Crippen molar-refractivity contribution in [2.75, 3.05) is 6.61 Å². The summed E-state index contributed by atoms with van der Waals surface area (Å²) in [7, 11) is 0. The van der Waals surface area contributed by atoms with E-state index in [1.807, 2.05) is 60.2 Å². The van der Waals surface area contributed by atoms with Crippen LogP contribution < -0.4 is 10.1 Å². The van der Waals surface area contributed by atoms with Crippen molar-refractivity contribution < 1.29 is 14.3 Å². The van der Waals surface area contributed by atoms with E-state index in [2.05, 4.69) is 19.2 Å². The lowest BCUT2D eigenvalue weighted by Crippen LogP contribution is -2.65. The molecule has 3 heterocycles. The average Bonchev–Trinajstić information content (AvgIpc) is 3.43. The topological polar surface area (TPSA) is 63.6 Å². The van der Waals surface area contributed by atoms with Crippen molar-refractivity contribution in [3.05, 3.63) is 53.0 Å². The summed E-state index contributed by atoms with van der Waals surface area (Å²) in [6.07, 6.45) is 3.30.